The SMILES string of the molecule is CCCCC(CC)CN1c2cccc3cccc(c23)C1/C=C/C1=C(S(=O)(=O)c2ccc(C(=O)OCCC(C)(C)OCCC(C)(C)OCCOCCOC(=O)c3ccc(S(=O)(=O)C4=C(/C=C/C5=[N+](CC(CC)CCCC)c6cccc7cccc5c67)CC/C4=C\C=c4/c5cccc6cccc(c65)n4CC(CC)CCCC)cc3)cc2)C(=C/C=c2\c3cccc4cccc(c43)n2CC(CC)CCCC)/CC1. The Morgan fingerprint density at radius 3 is 1.37 bits per heavy atom. The van der Waals surface area contributed by atoms with Crippen molar-refractivity contribution in [3.63, 3.8) is 0 Å². The molecule has 0 spiro atoms. The molecule has 15 nitrogen and oxygen atoms in total. The third-order valence-electron chi connectivity index (χ3n) is 30.0. The van der Waals surface area contributed by atoms with Crippen LogP contribution in [0.1, 0.15) is 262 Å². The predicted molar refractivity (Wildman–Crippen MR) is 573 cm³/mol. The second kappa shape index (κ2) is 45.7. The number of hydrogen-bond acceptors (Lipinski definition) is 12. The minimum atomic E-state index is -4.18. The number of carbonyl (C=O) groups is 2. The molecule has 0 amide bonds. The zero-order valence-electron chi connectivity index (χ0n) is 84.2. The lowest BCUT2D eigenvalue weighted by Gasteiger charge is -2.30. The molecule has 0 bridgehead atoms. The Hall–Kier alpha value is -11.1. The van der Waals surface area contributed by atoms with Gasteiger partial charge in [0.05, 0.1) is 92.0 Å². The fourth-order valence-corrected chi connectivity index (χ4v) is 25.2. The van der Waals surface area contributed by atoms with E-state index in [0.717, 1.165) is 158 Å². The third-order valence-corrected chi connectivity index (χ3v) is 33.9. The quantitative estimate of drug-likeness (QED) is 0.0202. The van der Waals surface area contributed by atoms with Crippen molar-refractivity contribution in [2.75, 3.05) is 57.6 Å². The number of allylic oxidation sites excluding steroid dienone is 9. The summed E-state index contributed by atoms with van der Waals surface area (Å²) in [7, 11) is -8.36. The molecule has 2 aliphatic carbocycles. The first-order valence-electron chi connectivity index (χ1n) is 52.0. The molecule has 2 aromatic heterocycles. The van der Waals surface area contributed by atoms with Gasteiger partial charge in [-0.05, 0) is 244 Å². The van der Waals surface area contributed by atoms with E-state index in [2.05, 4.69) is 268 Å². The molecule has 5 unspecified atom stereocenters. The Bertz CT molecular complexity index is 7010. The maximum Gasteiger partial charge on any atom is 0.338 e. The first-order valence-corrected chi connectivity index (χ1v) is 55.0. The van der Waals surface area contributed by atoms with Crippen LogP contribution in [0.5, 0.6) is 0 Å². The molecule has 139 heavy (non-hydrogen) atoms. The second-order valence-corrected chi connectivity index (χ2v) is 44.1. The molecule has 0 saturated carbocycles. The van der Waals surface area contributed by atoms with Crippen molar-refractivity contribution in [3.05, 3.63) is 296 Å². The van der Waals surface area contributed by atoms with Gasteiger partial charge in [0, 0.05) is 98.5 Å². The van der Waals surface area contributed by atoms with E-state index in [4.69, 9.17) is 23.7 Å². The van der Waals surface area contributed by atoms with Crippen LogP contribution in [0.15, 0.2) is 272 Å². The summed E-state index contributed by atoms with van der Waals surface area (Å²) in [5.74, 6) is 0.799. The Balaban J connectivity index is 0.544. The van der Waals surface area contributed by atoms with Gasteiger partial charge in [-0.1, -0.05) is 272 Å². The maximum absolute atomic E-state index is 15.8. The molecule has 16 rings (SSSR count). The first kappa shape index (κ1) is 101. The van der Waals surface area contributed by atoms with Gasteiger partial charge < -0.3 is 37.7 Å². The van der Waals surface area contributed by atoms with E-state index in [9.17, 15) is 9.59 Å². The van der Waals surface area contributed by atoms with Gasteiger partial charge in [0.2, 0.25) is 31.1 Å². The molecular weight excluding hydrogens is 1760 g/mol. The van der Waals surface area contributed by atoms with Crippen molar-refractivity contribution in [3.8, 4) is 0 Å². The molecular formula is C122H145N4O11S2+. The lowest BCUT2D eigenvalue weighted by molar-refractivity contribution is -0.445. The third kappa shape index (κ3) is 22.5. The monoisotopic (exact) mass is 1910 g/mol. The minimum Gasteiger partial charge on any atom is -0.462 e. The van der Waals surface area contributed by atoms with E-state index >= 15 is 16.8 Å². The van der Waals surface area contributed by atoms with Gasteiger partial charge in [0.1, 0.15) is 6.61 Å². The van der Waals surface area contributed by atoms with Gasteiger partial charge in [-0.3, -0.25) is 0 Å². The largest absolute Gasteiger partial charge is 0.462 e. The van der Waals surface area contributed by atoms with Gasteiger partial charge in [-0.2, -0.15) is 4.58 Å². The van der Waals surface area contributed by atoms with Gasteiger partial charge in [0.25, 0.3) is 0 Å². The topological polar surface area (TPSA) is 165 Å². The molecule has 4 heterocycles. The fraction of sp³-hybridized carbons (Fsp3) is 0.418. The molecule has 4 aliphatic rings. The van der Waals surface area contributed by atoms with Crippen LogP contribution in [-0.4, -0.2) is 112 Å². The molecule has 5 atom stereocenters. The molecule has 12 aromatic rings. The highest BCUT2D eigenvalue weighted by Crippen LogP contribution is 2.49. The van der Waals surface area contributed by atoms with Crippen molar-refractivity contribution in [2.24, 2.45) is 23.7 Å². The number of aromatic nitrogens is 2. The number of carbonyl (C=O) groups excluding carboxylic acids is 2. The zero-order chi connectivity index (χ0) is 97.5. The maximum atomic E-state index is 15.8. The Kier molecular flexibility index (Phi) is 33.2. The summed E-state index contributed by atoms with van der Waals surface area (Å²) in [4.78, 5) is 31.0. The van der Waals surface area contributed by atoms with Gasteiger partial charge in [-0.15, -0.1) is 0 Å². The summed E-state index contributed by atoms with van der Waals surface area (Å²) in [6, 6.07) is 64.6. The van der Waals surface area contributed by atoms with Gasteiger partial charge >= 0.3 is 11.9 Å². The summed E-state index contributed by atoms with van der Waals surface area (Å²) in [6.45, 7) is 30.6. The van der Waals surface area contributed by atoms with Crippen LogP contribution in [-0.2, 0) is 56.4 Å². The van der Waals surface area contributed by atoms with E-state index in [-0.39, 0.29) is 60.0 Å². The van der Waals surface area contributed by atoms with Crippen LogP contribution < -0.4 is 15.6 Å². The van der Waals surface area contributed by atoms with Crippen LogP contribution in [0.2, 0.25) is 0 Å². The van der Waals surface area contributed by atoms with E-state index in [1.54, 1.807) is 24.3 Å². The molecule has 0 fully saturated rings. The van der Waals surface area contributed by atoms with Crippen molar-refractivity contribution < 1.29 is 54.7 Å². The Labute approximate surface area is 825 Å². The van der Waals surface area contributed by atoms with Crippen LogP contribution >= 0.6 is 0 Å². The van der Waals surface area contributed by atoms with Crippen LogP contribution in [0.3, 0.4) is 0 Å². The van der Waals surface area contributed by atoms with E-state index in [1.165, 1.54) is 121 Å². The number of esters is 2. The minimum absolute atomic E-state index is 0.0250. The van der Waals surface area contributed by atoms with E-state index in [1.807, 2.05) is 27.7 Å². The Morgan fingerprint density at radius 1 is 0.424 bits per heavy atom. The smallest absolute Gasteiger partial charge is 0.338 e. The first-order chi connectivity index (χ1) is 67.4. The molecule has 730 valence electrons. The molecule has 0 N–H and O–H groups in total. The fourth-order valence-electron chi connectivity index (χ4n) is 21.7. The van der Waals surface area contributed by atoms with Crippen LogP contribution in [0.4, 0.5) is 11.4 Å². The van der Waals surface area contributed by atoms with E-state index < -0.39 is 42.8 Å². The standard InChI is InChI=1S/C122H145N4O11S2/c1-13-21-33-85(17-5)81-123-105(101-45-25-37-89-41-29-49-109(123)113(89)101)69-61-93-53-54-94(62-70-106-102-46-26-38-90-42-30-50-110(114(90)102)124(106)82-86(18-6)34-22-14-2)117(93)138(129,130)99-65-57-97(58-66-99)119(127)134-75-73-121(9,10)136-76-74-122(11,12)137-80-78-133-77-79-135-120(128)98-59-67-100(68-60-98)139(131,132)118-95(63-71-107-103-47-27-39-91-43-31-51-111(115(91)103)125(107)83-87(19-7)35-23-15-3)55-56-96(118)64-72-108-104-48-28-40-92-44-32-52-112(116(92)104)126(108)84-88(20-8)36-24-16-4/h25-32,37-52,57-72,85-88,105H,13-24,33-36,53-56,73-84H2,1-12H3/q+1/b69-61+,94-62+,106-70+. The molecule has 2 aliphatic heterocycles. The second-order valence-electron chi connectivity index (χ2n) is 40.3. The number of ether oxygens (including phenoxy) is 5. The number of sulfone groups is 2. The predicted octanol–water partition coefficient (Wildman–Crippen LogP) is 28.2. The van der Waals surface area contributed by atoms with Gasteiger partial charge in [0.15, 0.2) is 6.54 Å². The molecule has 0 radical (unpaired) electrons. The number of rotatable bonds is 50. The summed E-state index contributed by atoms with van der Waals surface area (Å²) in [5.41, 5.74) is 10.5. The highest BCUT2D eigenvalue weighted by molar-refractivity contribution is 7.96. The number of anilines is 1. The molecule has 0 saturated heterocycles. The van der Waals surface area contributed by atoms with Crippen molar-refractivity contribution in [1.82, 2.24) is 9.13 Å². The lowest BCUT2D eigenvalue weighted by atomic mass is 9.97. The average Bonchev–Trinajstić information content (AvgIpc) is 1.58. The lowest BCUT2D eigenvalue weighted by Crippen LogP contribution is -2.32. The highest BCUT2D eigenvalue weighted by atomic mass is 32.2. The summed E-state index contributed by atoms with van der Waals surface area (Å²) < 4.78 is 101. The summed E-state index contributed by atoms with van der Waals surface area (Å²) in [5, 5.41) is 14.1. The van der Waals surface area contributed by atoms with E-state index in [0.29, 0.717) is 78.6 Å². The highest BCUT2D eigenvalue weighted by Gasteiger charge is 2.38. The molecule has 17 heteroatoms. The van der Waals surface area contributed by atoms with Crippen molar-refractivity contribution >= 4 is 126 Å². The number of nitrogens with zero attached hydrogens (tertiary/aromatic N) is 4. The molecule has 10 aromatic carbocycles. The number of unbranched alkanes of at least 4 members (excludes halogenated alkanes) is 4. The van der Waals surface area contributed by atoms with Crippen LogP contribution in [0.25, 0.3) is 77.0 Å². The van der Waals surface area contributed by atoms with Crippen LogP contribution in [0, 0.1) is 23.7 Å². The Morgan fingerprint density at radius 2 is 0.856 bits per heavy atom. The average molecular weight is 1910 g/mol. The normalized spacial score (nSPS) is 16.8. The van der Waals surface area contributed by atoms with Crippen molar-refractivity contribution in [2.45, 2.75) is 264 Å². The summed E-state index contributed by atoms with van der Waals surface area (Å²) in [6.07, 6.45) is 38.2. The number of benzene rings is 10. The van der Waals surface area contributed by atoms with Gasteiger partial charge in [-0.25, -0.2) is 26.4 Å². The zero-order valence-corrected chi connectivity index (χ0v) is 85.8. The number of hydrogen-bond donors (Lipinski definition) is 0. The van der Waals surface area contributed by atoms with Crippen molar-refractivity contribution in [1.29, 1.82) is 0 Å². The summed E-state index contributed by atoms with van der Waals surface area (Å²) >= 11 is 0.